The van der Waals surface area contributed by atoms with Gasteiger partial charge < -0.3 is 15.0 Å². The van der Waals surface area contributed by atoms with Crippen LogP contribution < -0.4 is 5.32 Å². The fourth-order valence-electron chi connectivity index (χ4n) is 1.94. The van der Waals surface area contributed by atoms with Crippen molar-refractivity contribution in [3.05, 3.63) is 63.4 Å². The highest BCUT2D eigenvalue weighted by atomic mass is 35.5. The van der Waals surface area contributed by atoms with Crippen LogP contribution in [0.2, 0.25) is 5.02 Å². The van der Waals surface area contributed by atoms with Crippen molar-refractivity contribution in [2.75, 3.05) is 13.7 Å². The molecule has 4 nitrogen and oxygen atoms in total. The Bertz CT molecular complexity index is 687. The average molecular weight is 323 g/mol. The lowest BCUT2D eigenvalue weighted by molar-refractivity contribution is 0.0827. The van der Waals surface area contributed by atoms with Crippen molar-refractivity contribution in [2.45, 2.75) is 6.10 Å². The Morgan fingerprint density at radius 1 is 1.38 bits per heavy atom. The fourth-order valence-corrected chi connectivity index (χ4v) is 2.42. The molecule has 0 aliphatic heterocycles. The van der Waals surface area contributed by atoms with Gasteiger partial charge in [-0.25, -0.2) is 0 Å². The van der Waals surface area contributed by atoms with Crippen molar-refractivity contribution >= 4 is 29.7 Å². The number of aromatic nitrogens is 1. The Kier molecular flexibility index (Phi) is 5.50. The van der Waals surface area contributed by atoms with E-state index in [2.05, 4.69) is 10.3 Å². The topological polar surface area (TPSA) is 54.1 Å². The lowest BCUT2D eigenvalue weighted by Crippen LogP contribution is -2.29. The molecule has 1 heterocycles. The van der Waals surface area contributed by atoms with E-state index in [9.17, 15) is 4.79 Å². The Balaban J connectivity index is 2.08. The number of pyridine rings is 1. The molecule has 0 saturated carbocycles. The molecule has 110 valence electrons. The number of carbonyl (C=O) groups is 1. The zero-order chi connectivity index (χ0) is 15.2. The van der Waals surface area contributed by atoms with Crippen LogP contribution in [0.25, 0.3) is 0 Å². The van der Waals surface area contributed by atoms with E-state index in [-0.39, 0.29) is 12.0 Å². The van der Waals surface area contributed by atoms with Gasteiger partial charge in [-0.2, -0.15) is 0 Å². The highest BCUT2D eigenvalue weighted by Gasteiger charge is 2.16. The van der Waals surface area contributed by atoms with Gasteiger partial charge in [0.2, 0.25) is 0 Å². The second kappa shape index (κ2) is 7.36. The lowest BCUT2D eigenvalue weighted by atomic mass is 10.1. The van der Waals surface area contributed by atoms with Crippen molar-refractivity contribution in [1.82, 2.24) is 10.3 Å². The highest BCUT2D eigenvalue weighted by molar-refractivity contribution is 7.71. The van der Waals surface area contributed by atoms with Crippen LogP contribution in [-0.4, -0.2) is 24.5 Å². The van der Waals surface area contributed by atoms with Crippen molar-refractivity contribution in [2.24, 2.45) is 0 Å². The number of hydrogen-bond acceptors (Lipinski definition) is 3. The normalized spacial score (nSPS) is 11.9. The van der Waals surface area contributed by atoms with Gasteiger partial charge in [-0.1, -0.05) is 42.0 Å². The molecule has 0 aliphatic rings. The minimum absolute atomic E-state index is 0.244. The van der Waals surface area contributed by atoms with E-state index in [1.165, 1.54) is 0 Å². The van der Waals surface area contributed by atoms with Crippen molar-refractivity contribution in [1.29, 1.82) is 0 Å². The number of ether oxygens (including phenoxy) is 1. The smallest absolute Gasteiger partial charge is 0.254 e. The molecule has 1 aromatic carbocycles. The third-order valence-corrected chi connectivity index (χ3v) is 3.73. The largest absolute Gasteiger partial charge is 0.375 e. The molecular weight excluding hydrogens is 308 g/mol. The first-order valence-electron chi connectivity index (χ1n) is 6.36. The number of halogens is 1. The second-order valence-corrected chi connectivity index (χ2v) is 5.18. The first kappa shape index (κ1) is 15.7. The summed E-state index contributed by atoms with van der Waals surface area (Å²) in [5.41, 5.74) is 1.27. The van der Waals surface area contributed by atoms with E-state index in [0.717, 1.165) is 5.56 Å². The molecule has 0 fully saturated rings. The number of amides is 1. The number of carbonyl (C=O) groups excluding carboxylic acids is 1. The predicted molar refractivity (Wildman–Crippen MR) is 85.2 cm³/mol. The number of rotatable bonds is 5. The Hall–Kier alpha value is -1.69. The molecule has 1 aromatic heterocycles. The zero-order valence-electron chi connectivity index (χ0n) is 11.4. The molecule has 2 N–H and O–H groups in total. The molecule has 0 bridgehead atoms. The summed E-state index contributed by atoms with van der Waals surface area (Å²) in [6.07, 6.45) is 1.37. The summed E-state index contributed by atoms with van der Waals surface area (Å²) in [4.78, 5) is 14.9. The summed E-state index contributed by atoms with van der Waals surface area (Å²) in [6, 6.07) is 10.8. The van der Waals surface area contributed by atoms with Gasteiger partial charge in [-0.15, -0.1) is 0 Å². The van der Waals surface area contributed by atoms with E-state index < -0.39 is 0 Å². The van der Waals surface area contributed by atoms with Gasteiger partial charge in [-0.3, -0.25) is 4.79 Å². The number of nitrogens with one attached hydrogen (secondary N) is 2. The van der Waals surface area contributed by atoms with Gasteiger partial charge in [0.25, 0.3) is 5.91 Å². The van der Waals surface area contributed by atoms with Crippen LogP contribution in [0, 0.1) is 4.64 Å². The Labute approximate surface area is 133 Å². The van der Waals surface area contributed by atoms with Gasteiger partial charge in [0.15, 0.2) is 0 Å². The molecule has 0 aliphatic carbocycles. The van der Waals surface area contributed by atoms with Crippen LogP contribution in [0.15, 0.2) is 42.6 Å². The van der Waals surface area contributed by atoms with Crippen molar-refractivity contribution in [3.63, 3.8) is 0 Å². The maximum Gasteiger partial charge on any atom is 0.254 e. The van der Waals surface area contributed by atoms with Crippen LogP contribution in [0.5, 0.6) is 0 Å². The van der Waals surface area contributed by atoms with Crippen molar-refractivity contribution in [3.8, 4) is 0 Å². The highest BCUT2D eigenvalue weighted by Crippen LogP contribution is 2.24. The van der Waals surface area contributed by atoms with Crippen molar-refractivity contribution < 1.29 is 9.53 Å². The standard InChI is InChI=1S/C15H15ClN2O2S/c1-20-13(10-5-2-3-7-12(10)16)9-18-14(19)11-6-4-8-17-15(11)21/h2-8,13H,9H2,1H3,(H,17,21)(H,18,19)/t13-/m1/s1. The third kappa shape index (κ3) is 3.91. The number of aromatic amines is 1. The molecule has 0 spiro atoms. The molecular formula is C15H15ClN2O2S. The SMILES string of the molecule is CO[C@H](CNC(=O)c1ccc[nH]c1=S)c1ccccc1Cl. The maximum atomic E-state index is 12.1. The summed E-state index contributed by atoms with van der Waals surface area (Å²) < 4.78 is 5.81. The van der Waals surface area contributed by atoms with Gasteiger partial charge in [0, 0.05) is 30.4 Å². The van der Waals surface area contributed by atoms with Gasteiger partial charge in [0.05, 0.1) is 5.56 Å². The van der Waals surface area contributed by atoms with Crippen LogP contribution in [0.1, 0.15) is 22.0 Å². The lowest BCUT2D eigenvalue weighted by Gasteiger charge is -2.17. The van der Waals surface area contributed by atoms with Crippen LogP contribution in [0.3, 0.4) is 0 Å². The first-order chi connectivity index (χ1) is 10.1. The predicted octanol–water partition coefficient (Wildman–Crippen LogP) is 3.52. The average Bonchev–Trinajstić information content (AvgIpc) is 2.49. The van der Waals surface area contributed by atoms with Crippen LogP contribution >= 0.6 is 23.8 Å². The summed E-state index contributed by atoms with van der Waals surface area (Å²) in [7, 11) is 1.58. The minimum atomic E-state index is -0.316. The molecule has 0 radical (unpaired) electrons. The molecule has 2 aromatic rings. The summed E-state index contributed by atoms with van der Waals surface area (Å²) >= 11 is 11.2. The fraction of sp³-hybridized carbons (Fsp3) is 0.200. The summed E-state index contributed by atoms with van der Waals surface area (Å²) in [5, 5.41) is 3.41. The van der Waals surface area contributed by atoms with E-state index >= 15 is 0 Å². The maximum absolute atomic E-state index is 12.1. The molecule has 2 rings (SSSR count). The van der Waals surface area contributed by atoms with E-state index in [1.807, 2.05) is 18.2 Å². The first-order valence-corrected chi connectivity index (χ1v) is 7.15. The van der Waals surface area contributed by atoms with Gasteiger partial charge >= 0.3 is 0 Å². The van der Waals surface area contributed by atoms with E-state index in [1.54, 1.807) is 31.5 Å². The second-order valence-electron chi connectivity index (χ2n) is 4.37. The number of benzene rings is 1. The zero-order valence-corrected chi connectivity index (χ0v) is 13.0. The molecule has 1 atom stereocenters. The van der Waals surface area contributed by atoms with Gasteiger partial charge in [-0.05, 0) is 18.2 Å². The monoisotopic (exact) mass is 322 g/mol. The third-order valence-electron chi connectivity index (χ3n) is 3.05. The molecule has 21 heavy (non-hydrogen) atoms. The van der Waals surface area contributed by atoms with Crippen LogP contribution in [-0.2, 0) is 4.74 Å². The van der Waals surface area contributed by atoms with Gasteiger partial charge in [0.1, 0.15) is 10.7 Å². The number of H-pyrrole nitrogens is 1. The number of methoxy groups -OCH3 is 1. The Morgan fingerprint density at radius 2 is 2.14 bits per heavy atom. The van der Waals surface area contributed by atoms with Crippen LogP contribution in [0.4, 0.5) is 0 Å². The molecule has 0 unspecified atom stereocenters. The molecule has 1 amide bonds. The van der Waals surface area contributed by atoms with E-state index in [0.29, 0.717) is 21.8 Å². The molecule has 6 heteroatoms. The number of hydrogen-bond donors (Lipinski definition) is 2. The summed E-state index contributed by atoms with van der Waals surface area (Å²) in [6.45, 7) is 0.308. The molecule has 0 saturated heterocycles. The van der Waals surface area contributed by atoms with E-state index in [4.69, 9.17) is 28.6 Å². The minimum Gasteiger partial charge on any atom is -0.375 e. The Morgan fingerprint density at radius 3 is 2.81 bits per heavy atom. The quantitative estimate of drug-likeness (QED) is 0.828. The summed E-state index contributed by atoms with van der Waals surface area (Å²) in [5.74, 6) is -0.244.